The number of hydrogen-bond donors (Lipinski definition) is 1. The largest absolute Gasteiger partial charge is 0.464 e. The lowest BCUT2D eigenvalue weighted by Gasteiger charge is -2.19. The predicted octanol–water partition coefficient (Wildman–Crippen LogP) is 1.49. The van der Waals surface area contributed by atoms with Gasteiger partial charge in [0.2, 0.25) is 5.89 Å². The Hall–Kier alpha value is -2.05. The third kappa shape index (κ3) is 4.44. The van der Waals surface area contributed by atoms with Crippen LogP contribution in [0.3, 0.4) is 0 Å². The molecule has 0 aliphatic heterocycles. The highest BCUT2D eigenvalue weighted by Crippen LogP contribution is 2.07. The smallest absolute Gasteiger partial charge is 0.408 e. The lowest BCUT2D eigenvalue weighted by Crippen LogP contribution is -2.32. The molecule has 1 rings (SSSR count). The van der Waals surface area contributed by atoms with Gasteiger partial charge in [-0.2, -0.15) is 0 Å². The Bertz CT molecular complexity index is 433. The number of aromatic nitrogens is 1. The van der Waals surface area contributed by atoms with Crippen LogP contribution in [0.2, 0.25) is 0 Å². The molecule has 0 aliphatic rings. The van der Waals surface area contributed by atoms with Crippen molar-refractivity contribution in [3.8, 4) is 0 Å². The van der Waals surface area contributed by atoms with Gasteiger partial charge in [0.25, 0.3) is 0 Å². The number of carbonyl (C=O) groups excluding carboxylic acids is 2. The lowest BCUT2D eigenvalue weighted by atomic mass is 10.2. The molecule has 0 aliphatic carbocycles. The van der Waals surface area contributed by atoms with E-state index in [2.05, 4.69) is 15.0 Å². The molecule has 0 aromatic carbocycles. The van der Waals surface area contributed by atoms with Crippen molar-refractivity contribution in [1.82, 2.24) is 10.3 Å². The van der Waals surface area contributed by atoms with Crippen molar-refractivity contribution in [2.75, 3.05) is 7.11 Å². The second kappa shape index (κ2) is 5.52. The Kier molecular flexibility index (Phi) is 4.30. The Labute approximate surface area is 104 Å². The number of nitrogens with one attached hydrogen (secondary N) is 1. The van der Waals surface area contributed by atoms with Crippen molar-refractivity contribution < 1.29 is 23.5 Å². The molecule has 100 valence electrons. The lowest BCUT2D eigenvalue weighted by molar-refractivity contribution is 0.0518. The predicted molar refractivity (Wildman–Crippen MR) is 60.9 cm³/mol. The van der Waals surface area contributed by atoms with E-state index >= 15 is 0 Å². The maximum atomic E-state index is 11.3. The van der Waals surface area contributed by atoms with Crippen LogP contribution in [-0.2, 0) is 16.0 Å². The molecule has 18 heavy (non-hydrogen) atoms. The summed E-state index contributed by atoms with van der Waals surface area (Å²) in [5, 5.41) is 2.46. The van der Waals surface area contributed by atoms with E-state index in [1.807, 2.05) is 0 Å². The minimum Gasteiger partial charge on any atom is -0.464 e. The number of nitrogens with zero attached hydrogens (tertiary/aromatic N) is 1. The van der Waals surface area contributed by atoms with Crippen molar-refractivity contribution >= 4 is 12.1 Å². The van der Waals surface area contributed by atoms with Gasteiger partial charge in [-0.1, -0.05) is 0 Å². The van der Waals surface area contributed by atoms with Gasteiger partial charge >= 0.3 is 12.1 Å². The van der Waals surface area contributed by atoms with Gasteiger partial charge in [-0.15, -0.1) is 0 Å². The van der Waals surface area contributed by atoms with Crippen molar-refractivity contribution in [2.45, 2.75) is 32.9 Å². The molecule has 0 unspecified atom stereocenters. The zero-order chi connectivity index (χ0) is 13.8. The van der Waals surface area contributed by atoms with Gasteiger partial charge in [-0.3, -0.25) is 0 Å². The Morgan fingerprint density at radius 2 is 2.11 bits per heavy atom. The summed E-state index contributed by atoms with van der Waals surface area (Å²) in [5.74, 6) is -0.400. The summed E-state index contributed by atoms with van der Waals surface area (Å²) < 4.78 is 14.5. The van der Waals surface area contributed by atoms with Crippen LogP contribution in [-0.4, -0.2) is 29.8 Å². The van der Waals surface area contributed by atoms with Crippen LogP contribution in [0.25, 0.3) is 0 Å². The van der Waals surface area contributed by atoms with Gasteiger partial charge in [0.1, 0.15) is 11.9 Å². The number of esters is 1. The maximum absolute atomic E-state index is 11.3. The number of amides is 1. The molecule has 1 heterocycles. The Morgan fingerprint density at radius 3 is 2.67 bits per heavy atom. The van der Waals surface area contributed by atoms with E-state index in [-0.39, 0.29) is 18.1 Å². The molecule has 0 bridgehead atoms. The summed E-state index contributed by atoms with van der Waals surface area (Å²) in [7, 11) is 1.25. The molecule has 1 N–H and O–H groups in total. The van der Waals surface area contributed by atoms with E-state index in [0.29, 0.717) is 0 Å². The quantitative estimate of drug-likeness (QED) is 0.824. The fourth-order valence-electron chi connectivity index (χ4n) is 1.05. The average Bonchev–Trinajstić information content (AvgIpc) is 2.71. The van der Waals surface area contributed by atoms with Crippen LogP contribution in [0.5, 0.6) is 0 Å². The molecule has 0 radical (unpaired) electrons. The monoisotopic (exact) mass is 256 g/mol. The highest BCUT2D eigenvalue weighted by Gasteiger charge is 2.17. The summed E-state index contributed by atoms with van der Waals surface area (Å²) in [6.07, 6.45) is 0.582. The fourth-order valence-corrected chi connectivity index (χ4v) is 1.05. The summed E-state index contributed by atoms with van der Waals surface area (Å²) in [6, 6.07) is 0. The fraction of sp³-hybridized carbons (Fsp3) is 0.545. The molecule has 7 nitrogen and oxygen atoms in total. The van der Waals surface area contributed by atoms with E-state index < -0.39 is 17.7 Å². The van der Waals surface area contributed by atoms with Gasteiger partial charge < -0.3 is 19.2 Å². The van der Waals surface area contributed by atoms with Crippen LogP contribution < -0.4 is 5.32 Å². The zero-order valence-electron chi connectivity index (χ0n) is 10.8. The van der Waals surface area contributed by atoms with E-state index in [1.54, 1.807) is 20.8 Å². The molecule has 0 spiro atoms. The summed E-state index contributed by atoms with van der Waals surface area (Å²) >= 11 is 0. The number of rotatable bonds is 3. The number of oxazole rings is 1. The molecule has 0 fully saturated rings. The first kappa shape index (κ1) is 14.0. The van der Waals surface area contributed by atoms with Crippen molar-refractivity contribution in [3.05, 3.63) is 17.8 Å². The average molecular weight is 256 g/mol. The molecular weight excluding hydrogens is 240 g/mol. The summed E-state index contributed by atoms with van der Waals surface area (Å²) in [6.45, 7) is 5.30. The van der Waals surface area contributed by atoms with E-state index in [1.165, 1.54) is 7.11 Å². The van der Waals surface area contributed by atoms with Gasteiger partial charge in [0.15, 0.2) is 5.69 Å². The molecule has 0 saturated carbocycles. The van der Waals surface area contributed by atoms with Crippen LogP contribution in [0.15, 0.2) is 10.7 Å². The van der Waals surface area contributed by atoms with E-state index in [0.717, 1.165) is 6.26 Å². The number of hydrogen-bond acceptors (Lipinski definition) is 6. The Balaban J connectivity index is 2.47. The van der Waals surface area contributed by atoms with E-state index in [4.69, 9.17) is 9.15 Å². The van der Waals surface area contributed by atoms with E-state index in [9.17, 15) is 9.59 Å². The minimum atomic E-state index is -0.595. The molecule has 0 saturated heterocycles. The molecule has 1 amide bonds. The summed E-state index contributed by atoms with van der Waals surface area (Å²) in [4.78, 5) is 26.3. The first-order valence-corrected chi connectivity index (χ1v) is 5.31. The highest BCUT2D eigenvalue weighted by atomic mass is 16.6. The first-order chi connectivity index (χ1) is 8.31. The number of alkyl carbamates (subject to hydrolysis) is 1. The van der Waals surface area contributed by atoms with Gasteiger partial charge in [0.05, 0.1) is 13.7 Å². The molecular formula is C11H16N2O5. The van der Waals surface area contributed by atoms with Crippen LogP contribution in [0.1, 0.15) is 37.2 Å². The molecule has 1 aromatic heterocycles. The van der Waals surface area contributed by atoms with Crippen LogP contribution in [0.4, 0.5) is 4.79 Å². The zero-order valence-corrected chi connectivity index (χ0v) is 10.8. The number of methoxy groups -OCH3 is 1. The molecule has 1 aromatic rings. The standard InChI is InChI=1S/C11H16N2O5/c1-11(2,3)18-10(15)12-5-8-13-7(6-17-8)9(14)16-4/h6H,5H2,1-4H3,(H,12,15). The third-order valence-electron chi connectivity index (χ3n) is 1.73. The summed E-state index contributed by atoms with van der Waals surface area (Å²) in [5.41, 5.74) is -0.517. The SMILES string of the molecule is COC(=O)c1coc(CNC(=O)OC(C)(C)C)n1. The second-order valence-corrected chi connectivity index (χ2v) is 4.47. The van der Waals surface area contributed by atoms with Gasteiger partial charge in [-0.05, 0) is 20.8 Å². The second-order valence-electron chi connectivity index (χ2n) is 4.47. The van der Waals surface area contributed by atoms with Crippen molar-refractivity contribution in [1.29, 1.82) is 0 Å². The van der Waals surface area contributed by atoms with Crippen molar-refractivity contribution in [2.24, 2.45) is 0 Å². The van der Waals surface area contributed by atoms with Gasteiger partial charge in [-0.25, -0.2) is 14.6 Å². The third-order valence-corrected chi connectivity index (χ3v) is 1.73. The topological polar surface area (TPSA) is 90.7 Å². The minimum absolute atomic E-state index is 0.0336. The number of carbonyl (C=O) groups is 2. The maximum Gasteiger partial charge on any atom is 0.408 e. The Morgan fingerprint density at radius 1 is 1.44 bits per heavy atom. The molecule has 0 atom stereocenters. The van der Waals surface area contributed by atoms with Crippen molar-refractivity contribution in [3.63, 3.8) is 0 Å². The van der Waals surface area contributed by atoms with Gasteiger partial charge in [0, 0.05) is 0 Å². The normalized spacial score (nSPS) is 10.9. The van der Waals surface area contributed by atoms with Crippen LogP contribution in [0, 0.1) is 0 Å². The molecule has 7 heteroatoms. The van der Waals surface area contributed by atoms with Crippen LogP contribution >= 0.6 is 0 Å². The highest BCUT2D eigenvalue weighted by molar-refractivity contribution is 5.86. The number of ether oxygens (including phenoxy) is 2. The first-order valence-electron chi connectivity index (χ1n) is 5.31.